The monoisotopic (exact) mass is 398 g/mol. The number of rotatable bonds is 3. The van der Waals surface area contributed by atoms with Crippen molar-refractivity contribution in [2.75, 3.05) is 0 Å². The third-order valence-corrected chi connectivity index (χ3v) is 7.12. The second-order valence-electron chi connectivity index (χ2n) is 9.49. The lowest BCUT2D eigenvalue weighted by Gasteiger charge is -2.23. The van der Waals surface area contributed by atoms with Gasteiger partial charge in [-0.2, -0.15) is 0 Å². The van der Waals surface area contributed by atoms with Crippen molar-refractivity contribution in [1.82, 2.24) is 0 Å². The van der Waals surface area contributed by atoms with Crippen LogP contribution in [0.5, 0.6) is 0 Å². The predicted octanol–water partition coefficient (Wildman–Crippen LogP) is 7.43. The number of hydrogen-bond acceptors (Lipinski definition) is 0. The van der Waals surface area contributed by atoms with Gasteiger partial charge in [0.1, 0.15) is 7.05 Å². The first-order chi connectivity index (χ1) is 14.4. The summed E-state index contributed by atoms with van der Waals surface area (Å²) in [6, 6.07) is 13.9. The van der Waals surface area contributed by atoms with E-state index in [4.69, 9.17) is 0 Å². The van der Waals surface area contributed by atoms with E-state index in [-0.39, 0.29) is 0 Å². The van der Waals surface area contributed by atoms with Gasteiger partial charge in [0.2, 0.25) is 5.69 Å². The molecule has 0 radical (unpaired) electrons. The molecule has 1 saturated carbocycles. The molecule has 3 aromatic rings. The van der Waals surface area contributed by atoms with Gasteiger partial charge in [-0.1, -0.05) is 49.1 Å². The molecule has 1 fully saturated rings. The highest BCUT2D eigenvalue weighted by Crippen LogP contribution is 2.38. The fourth-order valence-corrected chi connectivity index (χ4v) is 5.71. The zero-order valence-corrected chi connectivity index (χ0v) is 19.6. The lowest BCUT2D eigenvalue weighted by atomic mass is 9.82. The summed E-state index contributed by atoms with van der Waals surface area (Å²) >= 11 is 0. The van der Waals surface area contributed by atoms with E-state index in [1.807, 2.05) is 0 Å². The molecule has 1 aromatic heterocycles. The summed E-state index contributed by atoms with van der Waals surface area (Å²) in [7, 11) is 2.20. The topological polar surface area (TPSA) is 3.88 Å². The summed E-state index contributed by atoms with van der Waals surface area (Å²) in [6.45, 7) is 11.3. The van der Waals surface area contributed by atoms with Crippen LogP contribution in [-0.2, 0) is 7.05 Å². The Morgan fingerprint density at radius 2 is 1.40 bits per heavy atom. The maximum absolute atomic E-state index is 2.49. The molecule has 4 rings (SSSR count). The van der Waals surface area contributed by atoms with Gasteiger partial charge in [0.25, 0.3) is 0 Å². The van der Waals surface area contributed by atoms with Crippen LogP contribution in [0.4, 0.5) is 0 Å². The van der Waals surface area contributed by atoms with Gasteiger partial charge in [0.15, 0.2) is 6.20 Å². The Hall–Kier alpha value is -2.41. The number of pyridine rings is 1. The van der Waals surface area contributed by atoms with Crippen molar-refractivity contribution >= 4 is 0 Å². The lowest BCUT2D eigenvalue weighted by Crippen LogP contribution is -2.32. The van der Waals surface area contributed by atoms with Gasteiger partial charge in [-0.25, -0.2) is 4.57 Å². The molecule has 156 valence electrons. The molecule has 2 aromatic carbocycles. The molecule has 0 unspecified atom stereocenters. The van der Waals surface area contributed by atoms with E-state index < -0.39 is 0 Å². The van der Waals surface area contributed by atoms with E-state index in [0.29, 0.717) is 0 Å². The Labute approximate surface area is 182 Å². The highest BCUT2D eigenvalue weighted by molar-refractivity contribution is 5.80. The van der Waals surface area contributed by atoms with Crippen LogP contribution in [0.15, 0.2) is 42.6 Å². The largest absolute Gasteiger partial charge is 0.212 e. The molecule has 0 amide bonds. The fourth-order valence-electron chi connectivity index (χ4n) is 5.71. The minimum absolute atomic E-state index is 0.726. The molecule has 1 nitrogen and oxygen atoms in total. The van der Waals surface area contributed by atoms with E-state index in [1.165, 1.54) is 82.3 Å². The van der Waals surface area contributed by atoms with Crippen LogP contribution in [-0.4, -0.2) is 0 Å². The number of hydrogen-bond donors (Lipinski definition) is 0. The fraction of sp³-hybridized carbons (Fsp3) is 0.414. The van der Waals surface area contributed by atoms with Crippen LogP contribution < -0.4 is 4.57 Å². The summed E-state index contributed by atoms with van der Waals surface area (Å²) in [5.74, 6) is 0.726. The smallest absolute Gasteiger partial charge is 0.201 e. The number of benzene rings is 2. The first kappa shape index (κ1) is 20.8. The van der Waals surface area contributed by atoms with Crippen LogP contribution in [0.25, 0.3) is 22.4 Å². The van der Waals surface area contributed by atoms with Crippen molar-refractivity contribution < 1.29 is 4.57 Å². The number of aromatic nitrogens is 1. The SMILES string of the molecule is Cc1cc(C)c(-c2cccc(-c3cc(C4CCCCC4)c(C)c[n+]3C)c2C)c(C)c1. The summed E-state index contributed by atoms with van der Waals surface area (Å²) in [6.07, 6.45) is 9.18. The Balaban J connectivity index is 1.86. The van der Waals surface area contributed by atoms with Crippen LogP contribution in [0.3, 0.4) is 0 Å². The molecule has 1 aliphatic carbocycles. The third kappa shape index (κ3) is 3.83. The van der Waals surface area contributed by atoms with Gasteiger partial charge in [0, 0.05) is 17.2 Å². The molecule has 30 heavy (non-hydrogen) atoms. The standard InChI is InChI=1S/C29H36N/c1-19-15-20(2)29(21(3)16-19)26-14-10-13-25(23(26)5)28-17-27(22(4)18-30(28)6)24-11-8-7-9-12-24/h10,13-18,24H,7-9,11-12H2,1-6H3/q+1. The van der Waals surface area contributed by atoms with Crippen molar-refractivity contribution in [3.05, 3.63) is 76.0 Å². The van der Waals surface area contributed by atoms with Gasteiger partial charge in [-0.15, -0.1) is 0 Å². The molecule has 1 heteroatoms. The van der Waals surface area contributed by atoms with Crippen LogP contribution in [0.1, 0.15) is 71.4 Å². The molecule has 0 spiro atoms. The van der Waals surface area contributed by atoms with E-state index >= 15 is 0 Å². The van der Waals surface area contributed by atoms with Gasteiger partial charge in [-0.05, 0) is 92.8 Å². The minimum atomic E-state index is 0.726. The summed E-state index contributed by atoms with van der Waals surface area (Å²) < 4.78 is 2.32. The van der Waals surface area contributed by atoms with E-state index in [1.54, 1.807) is 5.56 Å². The average molecular weight is 399 g/mol. The van der Waals surface area contributed by atoms with E-state index in [9.17, 15) is 0 Å². The van der Waals surface area contributed by atoms with Crippen molar-refractivity contribution in [2.45, 2.75) is 72.6 Å². The Morgan fingerprint density at radius 3 is 2.07 bits per heavy atom. The Morgan fingerprint density at radius 1 is 0.767 bits per heavy atom. The van der Waals surface area contributed by atoms with Gasteiger partial charge in [0.05, 0.1) is 0 Å². The van der Waals surface area contributed by atoms with Gasteiger partial charge >= 0.3 is 0 Å². The lowest BCUT2D eigenvalue weighted by molar-refractivity contribution is -0.660. The van der Waals surface area contributed by atoms with Crippen LogP contribution in [0, 0.1) is 34.6 Å². The molecule has 0 aliphatic heterocycles. The van der Waals surface area contributed by atoms with E-state index in [0.717, 1.165) is 5.92 Å². The van der Waals surface area contributed by atoms with Gasteiger partial charge < -0.3 is 0 Å². The normalized spacial score (nSPS) is 14.9. The highest BCUT2D eigenvalue weighted by Gasteiger charge is 2.23. The molecule has 0 saturated heterocycles. The zero-order valence-electron chi connectivity index (χ0n) is 19.6. The van der Waals surface area contributed by atoms with Crippen LogP contribution >= 0.6 is 0 Å². The predicted molar refractivity (Wildman–Crippen MR) is 128 cm³/mol. The van der Waals surface area contributed by atoms with Crippen molar-refractivity contribution in [2.24, 2.45) is 7.05 Å². The molecule has 0 N–H and O–H groups in total. The quantitative estimate of drug-likeness (QED) is 0.404. The second-order valence-corrected chi connectivity index (χ2v) is 9.49. The van der Waals surface area contributed by atoms with Gasteiger partial charge in [-0.3, -0.25) is 0 Å². The highest BCUT2D eigenvalue weighted by atomic mass is 14.9. The van der Waals surface area contributed by atoms with Crippen LogP contribution in [0.2, 0.25) is 0 Å². The Kier molecular flexibility index (Phi) is 5.82. The Bertz CT molecular complexity index is 1060. The minimum Gasteiger partial charge on any atom is -0.201 e. The molecular formula is C29H36N+. The maximum Gasteiger partial charge on any atom is 0.212 e. The van der Waals surface area contributed by atoms with Crippen molar-refractivity contribution in [3.63, 3.8) is 0 Å². The molecule has 0 atom stereocenters. The number of aryl methyl sites for hydroxylation is 5. The van der Waals surface area contributed by atoms with E-state index in [2.05, 4.69) is 88.8 Å². The summed E-state index contributed by atoms with van der Waals surface area (Å²) in [5.41, 5.74) is 13.9. The molecule has 0 bridgehead atoms. The first-order valence-corrected chi connectivity index (χ1v) is 11.5. The summed E-state index contributed by atoms with van der Waals surface area (Å²) in [5, 5.41) is 0. The zero-order chi connectivity index (χ0) is 21.4. The second kappa shape index (κ2) is 8.38. The van der Waals surface area contributed by atoms with Crippen molar-refractivity contribution in [3.8, 4) is 22.4 Å². The molecular weight excluding hydrogens is 362 g/mol. The first-order valence-electron chi connectivity index (χ1n) is 11.5. The molecule has 1 aliphatic rings. The number of nitrogens with zero attached hydrogens (tertiary/aromatic N) is 1. The maximum atomic E-state index is 2.49. The van der Waals surface area contributed by atoms with Crippen molar-refractivity contribution in [1.29, 1.82) is 0 Å². The molecule has 1 heterocycles. The summed E-state index contributed by atoms with van der Waals surface area (Å²) in [4.78, 5) is 0. The third-order valence-electron chi connectivity index (χ3n) is 7.12. The average Bonchev–Trinajstić information content (AvgIpc) is 2.70.